The monoisotopic (exact) mass is 330 g/mol. The first-order valence-electron chi connectivity index (χ1n) is 7.43. The fraction of sp³-hybridized carbons (Fsp3) is 0.294. The third-order valence-corrected chi connectivity index (χ3v) is 4.62. The third kappa shape index (κ3) is 3.71. The zero-order valence-electron chi connectivity index (χ0n) is 12.9. The Hall–Kier alpha value is -2.34. The molecule has 2 amide bonds. The average Bonchev–Trinajstić information content (AvgIpc) is 3.05. The lowest BCUT2D eigenvalue weighted by molar-refractivity contribution is -0.132. The number of β-lactam (4-membered cyclic amide) rings is 1. The number of rotatable bonds is 6. The van der Waals surface area contributed by atoms with Gasteiger partial charge in [0.1, 0.15) is 5.75 Å². The Labute approximate surface area is 139 Å². The van der Waals surface area contributed by atoms with Gasteiger partial charge in [0, 0.05) is 30.6 Å². The maximum absolute atomic E-state index is 12.1. The van der Waals surface area contributed by atoms with Crippen LogP contribution in [-0.4, -0.2) is 36.9 Å². The quantitative estimate of drug-likeness (QED) is 0.765. The summed E-state index contributed by atoms with van der Waals surface area (Å²) in [6, 6.07) is 11.2. The van der Waals surface area contributed by atoms with Gasteiger partial charge in [0.15, 0.2) is 6.61 Å². The van der Waals surface area contributed by atoms with Crippen molar-refractivity contribution in [2.75, 3.05) is 25.1 Å². The Bertz CT molecular complexity index is 682. The number of benzene rings is 1. The minimum Gasteiger partial charge on any atom is -0.484 e. The first-order valence-corrected chi connectivity index (χ1v) is 8.31. The zero-order valence-corrected chi connectivity index (χ0v) is 13.7. The normalized spacial score (nSPS) is 13.6. The van der Waals surface area contributed by atoms with E-state index in [9.17, 15) is 9.59 Å². The fourth-order valence-corrected chi connectivity index (χ4v) is 3.05. The van der Waals surface area contributed by atoms with E-state index >= 15 is 0 Å². The summed E-state index contributed by atoms with van der Waals surface area (Å²) >= 11 is 1.63. The molecule has 0 saturated carbocycles. The molecule has 2 heterocycles. The second-order valence-corrected chi connectivity index (χ2v) is 6.44. The number of ether oxygens (including phenoxy) is 1. The van der Waals surface area contributed by atoms with E-state index in [1.807, 2.05) is 29.6 Å². The molecule has 3 rings (SSSR count). The van der Waals surface area contributed by atoms with Crippen molar-refractivity contribution in [1.82, 2.24) is 4.90 Å². The van der Waals surface area contributed by atoms with E-state index in [0.717, 1.165) is 17.1 Å². The lowest BCUT2D eigenvalue weighted by Gasteiger charge is -2.30. The van der Waals surface area contributed by atoms with Gasteiger partial charge in [-0.1, -0.05) is 6.07 Å². The SMILES string of the molecule is CN(Cc1cccs1)C(=O)COc1ccc(N2CCC2=O)cc1. The summed E-state index contributed by atoms with van der Waals surface area (Å²) in [4.78, 5) is 28.0. The smallest absolute Gasteiger partial charge is 0.260 e. The van der Waals surface area contributed by atoms with Gasteiger partial charge in [0.25, 0.3) is 5.91 Å². The summed E-state index contributed by atoms with van der Waals surface area (Å²) < 4.78 is 5.53. The van der Waals surface area contributed by atoms with Crippen molar-refractivity contribution in [3.8, 4) is 5.75 Å². The maximum atomic E-state index is 12.1. The minimum absolute atomic E-state index is 0.00384. The number of nitrogens with zero attached hydrogens (tertiary/aromatic N) is 2. The molecule has 1 saturated heterocycles. The van der Waals surface area contributed by atoms with Gasteiger partial charge in [-0.25, -0.2) is 0 Å². The first-order chi connectivity index (χ1) is 11.1. The van der Waals surface area contributed by atoms with E-state index in [1.165, 1.54) is 0 Å². The molecule has 23 heavy (non-hydrogen) atoms. The molecule has 120 valence electrons. The van der Waals surface area contributed by atoms with Crippen LogP contribution in [0, 0.1) is 0 Å². The van der Waals surface area contributed by atoms with Crippen molar-refractivity contribution in [3.05, 3.63) is 46.7 Å². The molecule has 0 unspecified atom stereocenters. The second-order valence-electron chi connectivity index (χ2n) is 5.41. The van der Waals surface area contributed by atoms with Gasteiger partial charge >= 0.3 is 0 Å². The Morgan fingerprint density at radius 3 is 2.65 bits per heavy atom. The lowest BCUT2D eigenvalue weighted by Crippen LogP contribution is -2.43. The number of hydrogen-bond acceptors (Lipinski definition) is 4. The Balaban J connectivity index is 1.49. The van der Waals surface area contributed by atoms with Crippen molar-refractivity contribution in [3.63, 3.8) is 0 Å². The van der Waals surface area contributed by atoms with Crippen molar-refractivity contribution >= 4 is 28.8 Å². The van der Waals surface area contributed by atoms with Crippen molar-refractivity contribution in [2.24, 2.45) is 0 Å². The van der Waals surface area contributed by atoms with Crippen LogP contribution in [0.3, 0.4) is 0 Å². The highest BCUT2D eigenvalue weighted by molar-refractivity contribution is 7.09. The number of thiophene rings is 1. The zero-order chi connectivity index (χ0) is 16.2. The van der Waals surface area contributed by atoms with Crippen LogP contribution in [0.15, 0.2) is 41.8 Å². The summed E-state index contributed by atoms with van der Waals surface area (Å²) in [5.74, 6) is 0.698. The van der Waals surface area contributed by atoms with Gasteiger partial charge in [-0.3, -0.25) is 9.59 Å². The number of amides is 2. The molecule has 1 aliphatic rings. The summed E-state index contributed by atoms with van der Waals surface area (Å²) in [6.07, 6.45) is 0.614. The molecular weight excluding hydrogens is 312 g/mol. The van der Waals surface area contributed by atoms with Crippen molar-refractivity contribution in [2.45, 2.75) is 13.0 Å². The van der Waals surface area contributed by atoms with Crippen LogP contribution in [0.4, 0.5) is 5.69 Å². The summed E-state index contributed by atoms with van der Waals surface area (Å²) in [7, 11) is 1.77. The van der Waals surface area contributed by atoms with Gasteiger partial charge in [-0.15, -0.1) is 11.3 Å². The van der Waals surface area contributed by atoms with Gasteiger partial charge in [0.05, 0.1) is 6.54 Å². The van der Waals surface area contributed by atoms with E-state index in [2.05, 4.69) is 0 Å². The molecule has 0 spiro atoms. The van der Waals surface area contributed by atoms with Crippen LogP contribution in [-0.2, 0) is 16.1 Å². The summed E-state index contributed by atoms with van der Waals surface area (Å²) in [5, 5.41) is 1.99. The molecule has 0 radical (unpaired) electrons. The predicted octanol–water partition coefficient (Wildman–Crippen LogP) is 2.52. The standard InChI is InChI=1S/C17H18N2O3S/c1-18(11-15-3-2-10-23-15)17(21)12-22-14-6-4-13(5-7-14)19-9-8-16(19)20/h2-7,10H,8-9,11-12H2,1H3. The molecular formula is C17H18N2O3S. The molecule has 0 atom stereocenters. The number of hydrogen-bond donors (Lipinski definition) is 0. The highest BCUT2D eigenvalue weighted by Crippen LogP contribution is 2.24. The number of anilines is 1. The van der Waals surface area contributed by atoms with E-state index in [1.54, 1.807) is 40.3 Å². The van der Waals surface area contributed by atoms with Crippen LogP contribution < -0.4 is 9.64 Å². The fourth-order valence-electron chi connectivity index (χ4n) is 2.29. The highest BCUT2D eigenvalue weighted by Gasteiger charge is 2.24. The molecule has 1 aliphatic heterocycles. The molecule has 6 heteroatoms. The van der Waals surface area contributed by atoms with Crippen LogP contribution in [0.1, 0.15) is 11.3 Å². The number of carbonyl (C=O) groups is 2. The van der Waals surface area contributed by atoms with Crippen LogP contribution >= 0.6 is 11.3 Å². The highest BCUT2D eigenvalue weighted by atomic mass is 32.1. The molecule has 1 aromatic heterocycles. The molecule has 0 aliphatic carbocycles. The Morgan fingerprint density at radius 2 is 2.09 bits per heavy atom. The lowest BCUT2D eigenvalue weighted by atomic mass is 10.1. The van der Waals surface area contributed by atoms with Gasteiger partial charge in [0.2, 0.25) is 5.91 Å². The average molecular weight is 330 g/mol. The van der Waals surface area contributed by atoms with E-state index < -0.39 is 0 Å². The predicted molar refractivity (Wildman–Crippen MR) is 89.7 cm³/mol. The summed E-state index contributed by atoms with van der Waals surface area (Å²) in [5.41, 5.74) is 0.870. The topological polar surface area (TPSA) is 49.9 Å². The van der Waals surface area contributed by atoms with E-state index in [0.29, 0.717) is 18.7 Å². The van der Waals surface area contributed by atoms with Gasteiger partial charge < -0.3 is 14.5 Å². The molecule has 5 nitrogen and oxygen atoms in total. The molecule has 0 bridgehead atoms. The third-order valence-electron chi connectivity index (χ3n) is 3.76. The van der Waals surface area contributed by atoms with Gasteiger partial charge in [-0.2, -0.15) is 0 Å². The minimum atomic E-state index is -0.0691. The Kier molecular flexibility index (Phi) is 4.62. The van der Waals surface area contributed by atoms with E-state index in [4.69, 9.17) is 4.74 Å². The summed E-state index contributed by atoms with van der Waals surface area (Å²) in [6.45, 7) is 1.37. The van der Waals surface area contributed by atoms with Crippen molar-refractivity contribution in [1.29, 1.82) is 0 Å². The van der Waals surface area contributed by atoms with E-state index in [-0.39, 0.29) is 18.4 Å². The van der Waals surface area contributed by atoms with Crippen LogP contribution in [0.2, 0.25) is 0 Å². The number of carbonyl (C=O) groups excluding carboxylic acids is 2. The number of likely N-dealkylation sites (N-methyl/N-ethyl adjacent to an activating group) is 1. The molecule has 0 N–H and O–H groups in total. The molecule has 1 aromatic carbocycles. The largest absolute Gasteiger partial charge is 0.484 e. The molecule has 2 aromatic rings. The van der Waals surface area contributed by atoms with Gasteiger partial charge in [-0.05, 0) is 35.7 Å². The Morgan fingerprint density at radius 1 is 1.30 bits per heavy atom. The maximum Gasteiger partial charge on any atom is 0.260 e. The van der Waals surface area contributed by atoms with Crippen LogP contribution in [0.25, 0.3) is 0 Å². The molecule has 1 fully saturated rings. The second kappa shape index (κ2) is 6.83. The van der Waals surface area contributed by atoms with Crippen LogP contribution in [0.5, 0.6) is 5.75 Å². The van der Waals surface area contributed by atoms with Crippen molar-refractivity contribution < 1.29 is 14.3 Å². The first kappa shape index (κ1) is 15.6.